The molecule has 0 aliphatic carbocycles. The van der Waals surface area contributed by atoms with E-state index < -0.39 is 0 Å². The molecule has 6 heteroatoms. The molecule has 1 amide bonds. The predicted octanol–water partition coefficient (Wildman–Crippen LogP) is 4.46. The largest absolute Gasteiger partial charge is 0.492 e. The number of nitrogens with zero attached hydrogens (tertiary/aromatic N) is 1. The van der Waals surface area contributed by atoms with E-state index in [2.05, 4.69) is 24.1 Å². The SMILES string of the molecule is CC(C)COc1ccc(NC(=O)c2cccc(CN3CCOCC3)c2)cc1Cl. The molecule has 0 radical (unpaired) electrons. The monoisotopic (exact) mass is 402 g/mol. The van der Waals surface area contributed by atoms with E-state index in [0.29, 0.717) is 34.5 Å². The van der Waals surface area contributed by atoms with E-state index in [1.807, 2.05) is 24.3 Å². The van der Waals surface area contributed by atoms with Crippen LogP contribution in [-0.2, 0) is 11.3 Å². The maximum Gasteiger partial charge on any atom is 0.255 e. The summed E-state index contributed by atoms with van der Waals surface area (Å²) in [6.07, 6.45) is 0. The van der Waals surface area contributed by atoms with Crippen molar-refractivity contribution in [1.82, 2.24) is 4.90 Å². The first-order chi connectivity index (χ1) is 13.5. The van der Waals surface area contributed by atoms with Gasteiger partial charge in [0.25, 0.3) is 5.91 Å². The van der Waals surface area contributed by atoms with Gasteiger partial charge in [0.15, 0.2) is 0 Å². The summed E-state index contributed by atoms with van der Waals surface area (Å²) < 4.78 is 11.1. The number of amides is 1. The molecule has 0 saturated carbocycles. The minimum atomic E-state index is -0.157. The molecule has 2 aromatic rings. The fourth-order valence-corrected chi connectivity index (χ4v) is 3.22. The zero-order chi connectivity index (χ0) is 19.9. The Balaban J connectivity index is 1.62. The number of benzene rings is 2. The third-order valence-electron chi connectivity index (χ3n) is 4.46. The standard InChI is InChI=1S/C22H27ClN2O3/c1-16(2)15-28-21-7-6-19(13-20(21)23)24-22(26)18-5-3-4-17(12-18)14-25-8-10-27-11-9-25/h3-7,12-13,16H,8-11,14-15H2,1-2H3,(H,24,26). The Morgan fingerprint density at radius 2 is 2.00 bits per heavy atom. The second kappa shape index (κ2) is 9.92. The molecule has 2 aromatic carbocycles. The molecule has 1 aliphatic heterocycles. The normalized spacial score (nSPS) is 14.9. The summed E-state index contributed by atoms with van der Waals surface area (Å²) in [5.74, 6) is 0.886. The first-order valence-corrected chi connectivity index (χ1v) is 10.0. The Kier molecular flexibility index (Phi) is 7.31. The van der Waals surface area contributed by atoms with Crippen LogP contribution in [0.5, 0.6) is 5.75 Å². The Morgan fingerprint density at radius 3 is 2.71 bits per heavy atom. The van der Waals surface area contributed by atoms with E-state index >= 15 is 0 Å². The van der Waals surface area contributed by atoms with Crippen LogP contribution in [0.15, 0.2) is 42.5 Å². The molecule has 1 aliphatic rings. The van der Waals surface area contributed by atoms with Crippen molar-refractivity contribution in [3.8, 4) is 5.75 Å². The van der Waals surface area contributed by atoms with E-state index in [1.54, 1.807) is 18.2 Å². The van der Waals surface area contributed by atoms with Crippen LogP contribution in [0, 0.1) is 5.92 Å². The van der Waals surface area contributed by atoms with Crippen molar-refractivity contribution in [2.24, 2.45) is 5.92 Å². The molecule has 3 rings (SSSR count). The predicted molar refractivity (Wildman–Crippen MR) is 112 cm³/mol. The van der Waals surface area contributed by atoms with Crippen molar-refractivity contribution in [3.05, 3.63) is 58.6 Å². The van der Waals surface area contributed by atoms with Crippen molar-refractivity contribution < 1.29 is 14.3 Å². The van der Waals surface area contributed by atoms with Gasteiger partial charge >= 0.3 is 0 Å². The number of anilines is 1. The quantitative estimate of drug-likeness (QED) is 0.742. The van der Waals surface area contributed by atoms with E-state index in [0.717, 1.165) is 38.4 Å². The van der Waals surface area contributed by atoms with E-state index in [-0.39, 0.29) is 5.91 Å². The molecule has 1 heterocycles. The summed E-state index contributed by atoms with van der Waals surface area (Å²) in [6, 6.07) is 13.0. The first kappa shape index (κ1) is 20.6. The second-order valence-electron chi connectivity index (χ2n) is 7.39. The summed E-state index contributed by atoms with van der Waals surface area (Å²) in [7, 11) is 0. The average Bonchev–Trinajstić information content (AvgIpc) is 2.68. The molecule has 0 atom stereocenters. The molecule has 1 saturated heterocycles. The van der Waals surface area contributed by atoms with Gasteiger partial charge in [-0.05, 0) is 41.8 Å². The van der Waals surface area contributed by atoms with Crippen molar-refractivity contribution in [3.63, 3.8) is 0 Å². The van der Waals surface area contributed by atoms with Crippen LogP contribution in [0.3, 0.4) is 0 Å². The Hall–Kier alpha value is -2.08. The number of ether oxygens (including phenoxy) is 2. The first-order valence-electron chi connectivity index (χ1n) is 9.64. The lowest BCUT2D eigenvalue weighted by atomic mass is 10.1. The molecule has 1 N–H and O–H groups in total. The molecule has 5 nitrogen and oxygen atoms in total. The van der Waals surface area contributed by atoms with Gasteiger partial charge in [0.1, 0.15) is 5.75 Å². The fourth-order valence-electron chi connectivity index (χ4n) is 2.98. The molecular weight excluding hydrogens is 376 g/mol. The molecule has 150 valence electrons. The van der Waals surface area contributed by atoms with Crippen molar-refractivity contribution >= 4 is 23.2 Å². The maximum absolute atomic E-state index is 12.7. The molecule has 1 fully saturated rings. The van der Waals surface area contributed by atoms with Gasteiger partial charge in [-0.1, -0.05) is 37.6 Å². The third-order valence-corrected chi connectivity index (χ3v) is 4.76. The van der Waals surface area contributed by atoms with E-state index in [1.165, 1.54) is 0 Å². The number of hydrogen-bond donors (Lipinski definition) is 1. The van der Waals surface area contributed by atoms with Crippen LogP contribution in [0.4, 0.5) is 5.69 Å². The zero-order valence-electron chi connectivity index (χ0n) is 16.4. The van der Waals surface area contributed by atoms with Crippen LogP contribution >= 0.6 is 11.6 Å². The van der Waals surface area contributed by atoms with Gasteiger partial charge in [0.05, 0.1) is 24.8 Å². The maximum atomic E-state index is 12.7. The summed E-state index contributed by atoms with van der Waals surface area (Å²) >= 11 is 6.28. The third kappa shape index (κ3) is 5.96. The molecule has 0 bridgehead atoms. The summed E-state index contributed by atoms with van der Waals surface area (Å²) in [6.45, 7) is 8.93. The summed E-state index contributed by atoms with van der Waals surface area (Å²) in [5.41, 5.74) is 2.39. The zero-order valence-corrected chi connectivity index (χ0v) is 17.2. The van der Waals surface area contributed by atoms with Crippen LogP contribution in [0.1, 0.15) is 29.8 Å². The highest BCUT2D eigenvalue weighted by molar-refractivity contribution is 6.32. The number of hydrogen-bond acceptors (Lipinski definition) is 4. The number of carbonyl (C=O) groups is 1. The Labute approximate surface area is 171 Å². The fraction of sp³-hybridized carbons (Fsp3) is 0.409. The van der Waals surface area contributed by atoms with E-state index in [4.69, 9.17) is 21.1 Å². The van der Waals surface area contributed by atoms with Crippen molar-refractivity contribution in [1.29, 1.82) is 0 Å². The number of nitrogens with one attached hydrogen (secondary N) is 1. The van der Waals surface area contributed by atoms with Gasteiger partial charge in [0.2, 0.25) is 0 Å². The van der Waals surface area contributed by atoms with Crippen LogP contribution in [0.25, 0.3) is 0 Å². The topological polar surface area (TPSA) is 50.8 Å². The van der Waals surface area contributed by atoms with Crippen LogP contribution < -0.4 is 10.1 Å². The number of carbonyl (C=O) groups excluding carboxylic acids is 1. The van der Waals surface area contributed by atoms with Gasteiger partial charge in [-0.3, -0.25) is 9.69 Å². The number of halogens is 1. The number of morpholine rings is 1. The molecule has 0 unspecified atom stereocenters. The summed E-state index contributed by atoms with van der Waals surface area (Å²) in [5, 5.41) is 3.40. The van der Waals surface area contributed by atoms with Crippen LogP contribution in [-0.4, -0.2) is 43.7 Å². The molecular formula is C22H27ClN2O3. The van der Waals surface area contributed by atoms with Gasteiger partial charge in [-0.25, -0.2) is 0 Å². The van der Waals surface area contributed by atoms with Gasteiger partial charge in [0, 0.05) is 30.9 Å². The molecule has 0 spiro atoms. The minimum Gasteiger partial charge on any atom is -0.492 e. The molecule has 28 heavy (non-hydrogen) atoms. The van der Waals surface area contributed by atoms with E-state index in [9.17, 15) is 4.79 Å². The lowest BCUT2D eigenvalue weighted by Gasteiger charge is -2.26. The number of rotatable bonds is 7. The highest BCUT2D eigenvalue weighted by Crippen LogP contribution is 2.28. The summed E-state index contributed by atoms with van der Waals surface area (Å²) in [4.78, 5) is 15.0. The van der Waals surface area contributed by atoms with Gasteiger partial charge < -0.3 is 14.8 Å². The Morgan fingerprint density at radius 1 is 1.21 bits per heavy atom. The second-order valence-corrected chi connectivity index (χ2v) is 7.80. The van der Waals surface area contributed by atoms with Crippen LogP contribution in [0.2, 0.25) is 5.02 Å². The van der Waals surface area contributed by atoms with Crippen molar-refractivity contribution in [2.45, 2.75) is 20.4 Å². The average molecular weight is 403 g/mol. The lowest BCUT2D eigenvalue weighted by Crippen LogP contribution is -2.35. The lowest BCUT2D eigenvalue weighted by molar-refractivity contribution is 0.0342. The van der Waals surface area contributed by atoms with Gasteiger partial charge in [-0.2, -0.15) is 0 Å². The Bertz CT molecular complexity index is 804. The molecule has 0 aromatic heterocycles. The highest BCUT2D eigenvalue weighted by atomic mass is 35.5. The minimum absolute atomic E-state index is 0.157. The highest BCUT2D eigenvalue weighted by Gasteiger charge is 2.13. The van der Waals surface area contributed by atoms with Crippen molar-refractivity contribution in [2.75, 3.05) is 38.2 Å². The smallest absolute Gasteiger partial charge is 0.255 e. The van der Waals surface area contributed by atoms with Gasteiger partial charge in [-0.15, -0.1) is 0 Å².